The smallest absolute Gasteiger partial charge is 0.343 e. The summed E-state index contributed by atoms with van der Waals surface area (Å²) in [6.45, 7) is 0.125. The lowest BCUT2D eigenvalue weighted by Crippen LogP contribution is -2.08. The van der Waals surface area contributed by atoms with Crippen molar-refractivity contribution in [3.05, 3.63) is 63.5 Å². The predicted molar refractivity (Wildman–Crippen MR) is 85.0 cm³/mol. The molecule has 0 saturated carbocycles. The molecule has 120 valence electrons. The predicted octanol–water partition coefficient (Wildman–Crippen LogP) is 3.39. The molecule has 6 nitrogen and oxygen atoms in total. The summed E-state index contributed by atoms with van der Waals surface area (Å²) in [6, 6.07) is 9.22. The average molecular weight is 345 g/mol. The Labute approximate surface area is 140 Å². The highest BCUT2D eigenvalue weighted by atomic mass is 35.5. The molecule has 2 heterocycles. The standard InChI is InChI=1S/C17H9ClO6/c18-12-7-21-14-6-10(2-3-11(14)16(12)19)24-17(20)9-1-4-13-15(5-9)23-8-22-13/h1-7H,8H2. The van der Waals surface area contributed by atoms with E-state index in [1.54, 1.807) is 18.2 Å². The monoisotopic (exact) mass is 344 g/mol. The zero-order chi connectivity index (χ0) is 16.7. The molecule has 1 aliphatic heterocycles. The summed E-state index contributed by atoms with van der Waals surface area (Å²) < 4.78 is 21.0. The SMILES string of the molecule is O=C(Oc1ccc2c(=O)c(Cl)coc2c1)c1ccc2c(c1)OCO2. The van der Waals surface area contributed by atoms with Crippen molar-refractivity contribution >= 4 is 28.5 Å². The second kappa shape index (κ2) is 5.58. The molecule has 0 fully saturated rings. The van der Waals surface area contributed by atoms with Crippen LogP contribution in [0.2, 0.25) is 5.02 Å². The molecule has 0 radical (unpaired) electrons. The van der Waals surface area contributed by atoms with Gasteiger partial charge in [-0.1, -0.05) is 11.6 Å². The summed E-state index contributed by atoms with van der Waals surface area (Å²) in [6.07, 6.45) is 1.15. The number of fused-ring (bicyclic) bond motifs is 2. The van der Waals surface area contributed by atoms with E-state index in [1.165, 1.54) is 18.2 Å². The molecule has 3 aromatic rings. The first-order chi connectivity index (χ1) is 11.6. The molecule has 0 amide bonds. The van der Waals surface area contributed by atoms with Crippen LogP contribution >= 0.6 is 11.6 Å². The summed E-state index contributed by atoms with van der Waals surface area (Å²) in [7, 11) is 0. The molecule has 0 spiro atoms. The summed E-state index contributed by atoms with van der Waals surface area (Å²) >= 11 is 5.72. The minimum absolute atomic E-state index is 0.00685. The van der Waals surface area contributed by atoms with Crippen molar-refractivity contribution in [2.75, 3.05) is 6.79 Å². The van der Waals surface area contributed by atoms with Gasteiger partial charge in [-0.3, -0.25) is 4.79 Å². The van der Waals surface area contributed by atoms with E-state index < -0.39 is 5.97 Å². The first-order valence-corrected chi connectivity index (χ1v) is 7.32. The van der Waals surface area contributed by atoms with E-state index in [0.717, 1.165) is 6.26 Å². The van der Waals surface area contributed by atoms with E-state index in [-0.39, 0.29) is 28.6 Å². The van der Waals surface area contributed by atoms with E-state index in [2.05, 4.69) is 0 Å². The number of esters is 1. The molecular weight excluding hydrogens is 336 g/mol. The molecule has 0 bridgehead atoms. The fourth-order valence-corrected chi connectivity index (χ4v) is 2.48. The fourth-order valence-electron chi connectivity index (χ4n) is 2.34. The van der Waals surface area contributed by atoms with Gasteiger partial charge in [-0.15, -0.1) is 0 Å². The summed E-state index contributed by atoms with van der Waals surface area (Å²) in [4.78, 5) is 24.1. The Kier molecular flexibility index (Phi) is 3.39. The number of halogens is 1. The van der Waals surface area contributed by atoms with Gasteiger partial charge in [0.05, 0.1) is 10.9 Å². The number of carbonyl (C=O) groups is 1. The molecule has 0 atom stereocenters. The van der Waals surface area contributed by atoms with E-state index in [1.807, 2.05) is 0 Å². The average Bonchev–Trinajstić information content (AvgIpc) is 3.06. The molecule has 7 heteroatoms. The molecule has 4 rings (SSSR count). The summed E-state index contributed by atoms with van der Waals surface area (Å²) in [5.74, 6) is 0.749. The fraction of sp³-hybridized carbons (Fsp3) is 0.0588. The van der Waals surface area contributed by atoms with Crippen LogP contribution in [0.5, 0.6) is 17.2 Å². The Balaban J connectivity index is 1.63. The van der Waals surface area contributed by atoms with Crippen LogP contribution in [0.4, 0.5) is 0 Å². The van der Waals surface area contributed by atoms with Gasteiger partial charge in [-0.25, -0.2) is 4.79 Å². The third kappa shape index (κ3) is 2.47. The lowest BCUT2D eigenvalue weighted by Gasteiger charge is -2.06. The van der Waals surface area contributed by atoms with Crippen LogP contribution in [0.15, 0.2) is 51.9 Å². The Morgan fingerprint density at radius 2 is 1.92 bits per heavy atom. The molecular formula is C17H9ClO6. The molecule has 1 aliphatic rings. The first kappa shape index (κ1) is 14.6. The van der Waals surface area contributed by atoms with E-state index in [4.69, 9.17) is 30.2 Å². The zero-order valence-electron chi connectivity index (χ0n) is 12.1. The van der Waals surface area contributed by atoms with Crippen molar-refractivity contribution in [2.45, 2.75) is 0 Å². The maximum Gasteiger partial charge on any atom is 0.343 e. The van der Waals surface area contributed by atoms with Gasteiger partial charge in [-0.05, 0) is 30.3 Å². The van der Waals surface area contributed by atoms with Crippen LogP contribution in [-0.4, -0.2) is 12.8 Å². The lowest BCUT2D eigenvalue weighted by atomic mass is 10.2. The van der Waals surface area contributed by atoms with Gasteiger partial charge in [0.2, 0.25) is 12.2 Å². The Bertz CT molecular complexity index is 1020. The van der Waals surface area contributed by atoms with Gasteiger partial charge in [0.15, 0.2) is 11.5 Å². The number of ether oxygens (including phenoxy) is 3. The highest BCUT2D eigenvalue weighted by molar-refractivity contribution is 6.30. The number of benzene rings is 2. The van der Waals surface area contributed by atoms with Crippen LogP contribution < -0.4 is 19.6 Å². The topological polar surface area (TPSA) is 75.0 Å². The molecule has 0 saturated heterocycles. The van der Waals surface area contributed by atoms with Crippen LogP contribution in [0.3, 0.4) is 0 Å². The van der Waals surface area contributed by atoms with Crippen LogP contribution in [0.1, 0.15) is 10.4 Å². The second-order valence-electron chi connectivity index (χ2n) is 5.03. The first-order valence-electron chi connectivity index (χ1n) is 6.95. The van der Waals surface area contributed by atoms with Gasteiger partial charge in [0.1, 0.15) is 22.6 Å². The second-order valence-corrected chi connectivity index (χ2v) is 5.44. The van der Waals surface area contributed by atoms with Gasteiger partial charge < -0.3 is 18.6 Å². The Hall–Kier alpha value is -2.99. The maximum atomic E-state index is 12.2. The van der Waals surface area contributed by atoms with Gasteiger partial charge in [-0.2, -0.15) is 0 Å². The van der Waals surface area contributed by atoms with E-state index in [9.17, 15) is 9.59 Å². The zero-order valence-corrected chi connectivity index (χ0v) is 12.8. The highest BCUT2D eigenvalue weighted by Crippen LogP contribution is 2.33. The number of rotatable bonds is 2. The van der Waals surface area contributed by atoms with Gasteiger partial charge in [0, 0.05) is 6.07 Å². The van der Waals surface area contributed by atoms with E-state index >= 15 is 0 Å². The van der Waals surface area contributed by atoms with E-state index in [0.29, 0.717) is 22.4 Å². The summed E-state index contributed by atoms with van der Waals surface area (Å²) in [5, 5.41) is 0.304. The quantitative estimate of drug-likeness (QED) is 0.524. The lowest BCUT2D eigenvalue weighted by molar-refractivity contribution is 0.0734. The van der Waals surface area contributed by atoms with Crippen molar-refractivity contribution in [3.63, 3.8) is 0 Å². The molecule has 2 aromatic carbocycles. The molecule has 24 heavy (non-hydrogen) atoms. The van der Waals surface area contributed by atoms with Crippen molar-refractivity contribution in [3.8, 4) is 17.2 Å². The molecule has 0 aliphatic carbocycles. The van der Waals surface area contributed by atoms with Crippen LogP contribution in [0, 0.1) is 0 Å². The van der Waals surface area contributed by atoms with Crippen molar-refractivity contribution in [1.82, 2.24) is 0 Å². The highest BCUT2D eigenvalue weighted by Gasteiger charge is 2.17. The van der Waals surface area contributed by atoms with Gasteiger partial charge >= 0.3 is 5.97 Å². The van der Waals surface area contributed by atoms with Crippen LogP contribution in [0.25, 0.3) is 11.0 Å². The largest absolute Gasteiger partial charge is 0.462 e. The number of hydrogen-bond acceptors (Lipinski definition) is 6. The third-order valence-corrected chi connectivity index (χ3v) is 3.78. The molecule has 0 N–H and O–H groups in total. The Morgan fingerprint density at radius 1 is 1.08 bits per heavy atom. The van der Waals surface area contributed by atoms with Crippen molar-refractivity contribution in [2.24, 2.45) is 0 Å². The minimum atomic E-state index is -0.566. The molecule has 0 unspecified atom stereocenters. The van der Waals surface area contributed by atoms with Gasteiger partial charge in [0.25, 0.3) is 0 Å². The van der Waals surface area contributed by atoms with Crippen molar-refractivity contribution < 1.29 is 23.4 Å². The Morgan fingerprint density at radius 3 is 2.79 bits per heavy atom. The molecule has 1 aromatic heterocycles. The third-order valence-electron chi connectivity index (χ3n) is 3.52. The van der Waals surface area contributed by atoms with Crippen molar-refractivity contribution in [1.29, 1.82) is 0 Å². The number of carbonyl (C=O) groups excluding carboxylic acids is 1. The normalized spacial score (nSPS) is 12.4. The maximum absolute atomic E-state index is 12.2. The van der Waals surface area contributed by atoms with Crippen LogP contribution in [-0.2, 0) is 0 Å². The number of hydrogen-bond donors (Lipinski definition) is 0. The minimum Gasteiger partial charge on any atom is -0.462 e. The summed E-state index contributed by atoms with van der Waals surface area (Å²) in [5.41, 5.74) is 0.254.